The Morgan fingerprint density at radius 1 is 1.41 bits per heavy atom. The van der Waals surface area contributed by atoms with E-state index < -0.39 is 0 Å². The van der Waals surface area contributed by atoms with Crippen LogP contribution in [0.5, 0.6) is 0 Å². The predicted molar refractivity (Wildman–Crippen MR) is 85.3 cm³/mol. The number of fused-ring (bicyclic) bond motifs is 1. The Kier molecular flexibility index (Phi) is 3.67. The quantitative estimate of drug-likeness (QED) is 0.920. The summed E-state index contributed by atoms with van der Waals surface area (Å²) in [7, 11) is 0. The number of hydrogen-bond acceptors (Lipinski definition) is 2. The van der Waals surface area contributed by atoms with Crippen LogP contribution in [0.25, 0.3) is 11.0 Å². The number of carbonyl (C=O) groups excluding carboxylic acids is 1. The van der Waals surface area contributed by atoms with Crippen LogP contribution >= 0.6 is 0 Å². The molecule has 0 atom stereocenters. The highest BCUT2D eigenvalue weighted by atomic mass is 19.1. The Morgan fingerprint density at radius 2 is 2.14 bits per heavy atom. The lowest BCUT2D eigenvalue weighted by Gasteiger charge is -2.29. The van der Waals surface area contributed by atoms with Crippen LogP contribution in [0.2, 0.25) is 0 Å². The van der Waals surface area contributed by atoms with Gasteiger partial charge in [0, 0.05) is 18.5 Å². The lowest BCUT2D eigenvalue weighted by molar-refractivity contribution is -0.117. The van der Waals surface area contributed by atoms with E-state index in [4.69, 9.17) is 0 Å². The molecular weight excluding hydrogens is 281 g/mol. The fourth-order valence-corrected chi connectivity index (χ4v) is 2.83. The molecule has 0 saturated heterocycles. The third-order valence-corrected chi connectivity index (χ3v) is 4.03. The number of anilines is 1. The van der Waals surface area contributed by atoms with Gasteiger partial charge >= 0.3 is 0 Å². The molecule has 3 rings (SSSR count). The van der Waals surface area contributed by atoms with E-state index >= 15 is 0 Å². The van der Waals surface area contributed by atoms with Crippen LogP contribution in [0.15, 0.2) is 18.2 Å². The Morgan fingerprint density at radius 3 is 2.73 bits per heavy atom. The smallest absolute Gasteiger partial charge is 0.227 e. The van der Waals surface area contributed by atoms with Gasteiger partial charge in [-0.05, 0) is 36.8 Å². The van der Waals surface area contributed by atoms with Gasteiger partial charge in [0.05, 0.1) is 11.0 Å². The lowest BCUT2D eigenvalue weighted by atomic mass is 9.92. The third kappa shape index (κ3) is 2.98. The van der Waals surface area contributed by atoms with Crippen LogP contribution in [-0.4, -0.2) is 15.5 Å². The number of carbonyl (C=O) groups is 1. The van der Waals surface area contributed by atoms with Crippen LogP contribution in [0, 0.1) is 11.2 Å². The van der Waals surface area contributed by atoms with Crippen molar-refractivity contribution in [3.8, 4) is 0 Å². The maximum atomic E-state index is 13.4. The number of hydrogen-bond donors (Lipinski definition) is 1. The predicted octanol–water partition coefficient (Wildman–Crippen LogP) is 4.28. The third-order valence-electron chi connectivity index (χ3n) is 4.03. The van der Waals surface area contributed by atoms with Gasteiger partial charge in [-0.2, -0.15) is 0 Å². The van der Waals surface area contributed by atoms with Gasteiger partial charge in [-0.1, -0.05) is 20.8 Å². The number of halogens is 1. The standard InChI is InChI=1S/C17H22FN3O/c1-17(2,3)10-15(22)20-16-19-13-9-11(18)7-8-14(13)21(16)12-5-4-6-12/h7-9,12H,4-6,10H2,1-3H3,(H,19,20,22). The molecule has 22 heavy (non-hydrogen) atoms. The van der Waals surface area contributed by atoms with E-state index in [1.54, 1.807) is 6.07 Å². The van der Waals surface area contributed by atoms with E-state index in [2.05, 4.69) is 14.9 Å². The Bertz CT molecular complexity index is 710. The summed E-state index contributed by atoms with van der Waals surface area (Å²) >= 11 is 0. The van der Waals surface area contributed by atoms with Crippen LogP contribution in [-0.2, 0) is 4.79 Å². The van der Waals surface area contributed by atoms with Gasteiger partial charge in [0.25, 0.3) is 0 Å². The average molecular weight is 303 g/mol. The lowest BCUT2D eigenvalue weighted by Crippen LogP contribution is -2.24. The number of nitrogens with zero attached hydrogens (tertiary/aromatic N) is 2. The zero-order chi connectivity index (χ0) is 15.9. The molecule has 2 aromatic rings. The molecule has 0 aliphatic heterocycles. The van der Waals surface area contributed by atoms with E-state index in [1.165, 1.54) is 18.6 Å². The fourth-order valence-electron chi connectivity index (χ4n) is 2.83. The minimum Gasteiger partial charge on any atom is -0.307 e. The molecule has 1 heterocycles. The van der Waals surface area contributed by atoms with Crippen molar-refractivity contribution in [3.05, 3.63) is 24.0 Å². The maximum Gasteiger partial charge on any atom is 0.227 e. The highest BCUT2D eigenvalue weighted by Gasteiger charge is 2.26. The molecule has 118 valence electrons. The zero-order valence-electron chi connectivity index (χ0n) is 13.3. The van der Waals surface area contributed by atoms with Crippen LogP contribution in [0.3, 0.4) is 0 Å². The molecule has 1 amide bonds. The zero-order valence-corrected chi connectivity index (χ0v) is 13.3. The second kappa shape index (κ2) is 5.38. The Balaban J connectivity index is 1.95. The van der Waals surface area contributed by atoms with Crippen molar-refractivity contribution in [1.82, 2.24) is 9.55 Å². The summed E-state index contributed by atoms with van der Waals surface area (Å²) in [6.45, 7) is 6.07. The van der Waals surface area contributed by atoms with Gasteiger partial charge in [-0.15, -0.1) is 0 Å². The monoisotopic (exact) mass is 303 g/mol. The average Bonchev–Trinajstić information content (AvgIpc) is 2.62. The fraction of sp³-hybridized carbons (Fsp3) is 0.529. The Hall–Kier alpha value is -1.91. The summed E-state index contributed by atoms with van der Waals surface area (Å²) in [5.74, 6) is 0.182. The maximum absolute atomic E-state index is 13.4. The molecule has 0 spiro atoms. The molecule has 1 fully saturated rings. The summed E-state index contributed by atoms with van der Waals surface area (Å²) in [6.07, 6.45) is 3.76. The van der Waals surface area contributed by atoms with Gasteiger partial charge in [0.15, 0.2) is 0 Å². The molecule has 1 aromatic heterocycles. The summed E-state index contributed by atoms with van der Waals surface area (Å²) in [6, 6.07) is 4.96. The van der Waals surface area contributed by atoms with Crippen molar-refractivity contribution in [1.29, 1.82) is 0 Å². The highest BCUT2D eigenvalue weighted by molar-refractivity contribution is 5.92. The van der Waals surface area contributed by atoms with Gasteiger partial charge in [0.1, 0.15) is 5.82 Å². The molecule has 0 unspecified atom stereocenters. The first-order valence-corrected chi connectivity index (χ1v) is 7.81. The molecule has 4 nitrogen and oxygen atoms in total. The van der Waals surface area contributed by atoms with Gasteiger partial charge in [-0.25, -0.2) is 9.37 Å². The van der Waals surface area contributed by atoms with E-state index in [0.717, 1.165) is 18.4 Å². The van der Waals surface area contributed by atoms with Crippen molar-refractivity contribution in [2.75, 3.05) is 5.32 Å². The largest absolute Gasteiger partial charge is 0.307 e. The van der Waals surface area contributed by atoms with E-state index in [1.807, 2.05) is 20.8 Å². The van der Waals surface area contributed by atoms with E-state index in [-0.39, 0.29) is 17.1 Å². The van der Waals surface area contributed by atoms with Crippen LogP contribution in [0.1, 0.15) is 52.5 Å². The topological polar surface area (TPSA) is 46.9 Å². The van der Waals surface area contributed by atoms with E-state index in [9.17, 15) is 9.18 Å². The summed E-state index contributed by atoms with van der Waals surface area (Å²) in [5, 5.41) is 2.92. The summed E-state index contributed by atoms with van der Waals surface area (Å²) in [5.41, 5.74) is 1.40. The molecule has 1 aromatic carbocycles. The van der Waals surface area contributed by atoms with Crippen molar-refractivity contribution < 1.29 is 9.18 Å². The first kappa shape index (κ1) is 15.0. The first-order valence-electron chi connectivity index (χ1n) is 7.81. The van der Waals surface area contributed by atoms with Gasteiger partial charge in [-0.3, -0.25) is 10.1 Å². The van der Waals surface area contributed by atoms with E-state index in [0.29, 0.717) is 23.9 Å². The molecule has 0 radical (unpaired) electrons. The van der Waals surface area contributed by atoms with Crippen molar-refractivity contribution >= 4 is 22.9 Å². The second-order valence-corrected chi connectivity index (χ2v) is 7.31. The Labute approximate surface area is 129 Å². The summed E-state index contributed by atoms with van der Waals surface area (Å²) in [4.78, 5) is 16.7. The molecule has 1 aliphatic carbocycles. The van der Waals surface area contributed by atoms with Crippen LogP contribution < -0.4 is 5.32 Å². The minimum absolute atomic E-state index is 0.0520. The molecule has 5 heteroatoms. The first-order chi connectivity index (χ1) is 10.3. The number of imidazole rings is 1. The number of amides is 1. The van der Waals surface area contributed by atoms with Crippen LogP contribution in [0.4, 0.5) is 10.3 Å². The second-order valence-electron chi connectivity index (χ2n) is 7.31. The molecular formula is C17H22FN3O. The molecule has 1 N–H and O–H groups in total. The highest BCUT2D eigenvalue weighted by Crippen LogP contribution is 2.37. The van der Waals surface area contributed by atoms with Gasteiger partial charge < -0.3 is 4.57 Å². The van der Waals surface area contributed by atoms with Crippen molar-refractivity contribution in [2.45, 2.75) is 52.5 Å². The number of benzene rings is 1. The summed E-state index contributed by atoms with van der Waals surface area (Å²) < 4.78 is 15.5. The SMILES string of the molecule is CC(C)(C)CC(=O)Nc1nc2cc(F)ccc2n1C1CCC1. The van der Waals surface area contributed by atoms with Crippen molar-refractivity contribution in [3.63, 3.8) is 0 Å². The number of nitrogens with one attached hydrogen (secondary N) is 1. The number of rotatable bonds is 3. The minimum atomic E-state index is -0.307. The van der Waals surface area contributed by atoms with Gasteiger partial charge in [0.2, 0.25) is 11.9 Å². The molecule has 1 aliphatic rings. The molecule has 0 bridgehead atoms. The molecule has 1 saturated carbocycles. The number of aromatic nitrogens is 2. The van der Waals surface area contributed by atoms with Crippen molar-refractivity contribution in [2.24, 2.45) is 5.41 Å². The normalized spacial score (nSPS) is 15.8.